The molecule has 100 valence electrons. The first-order valence-electron chi connectivity index (χ1n) is 6.67. The molecule has 1 aliphatic rings. The summed E-state index contributed by atoms with van der Waals surface area (Å²) in [5.41, 5.74) is 2.32. The molecule has 0 aromatic heterocycles. The van der Waals surface area contributed by atoms with Crippen molar-refractivity contribution in [2.45, 2.75) is 45.1 Å². The van der Waals surface area contributed by atoms with Gasteiger partial charge in [-0.1, -0.05) is 11.6 Å². The number of rotatable bonds is 5. The zero-order valence-corrected chi connectivity index (χ0v) is 12.2. The molecule has 0 atom stereocenters. The third kappa shape index (κ3) is 2.81. The molecule has 1 aromatic rings. The van der Waals surface area contributed by atoms with Gasteiger partial charge in [-0.3, -0.25) is 0 Å². The summed E-state index contributed by atoms with van der Waals surface area (Å²) in [6.07, 6.45) is 4.67. The summed E-state index contributed by atoms with van der Waals surface area (Å²) in [7, 11) is 1.99. The number of nitrogens with one attached hydrogen (secondary N) is 1. The lowest BCUT2D eigenvalue weighted by Crippen LogP contribution is -2.45. The molecule has 0 amide bonds. The van der Waals surface area contributed by atoms with Crippen LogP contribution in [0.5, 0.6) is 5.75 Å². The van der Waals surface area contributed by atoms with E-state index in [1.54, 1.807) is 0 Å². The quantitative estimate of drug-likeness (QED) is 0.875. The Morgan fingerprint density at radius 3 is 2.33 bits per heavy atom. The molecule has 1 fully saturated rings. The van der Waals surface area contributed by atoms with E-state index in [0.717, 1.165) is 47.7 Å². The Kier molecular flexibility index (Phi) is 4.18. The molecule has 0 aliphatic heterocycles. The summed E-state index contributed by atoms with van der Waals surface area (Å²) < 4.78 is 6.36. The highest BCUT2D eigenvalue weighted by Crippen LogP contribution is 2.41. The van der Waals surface area contributed by atoms with Gasteiger partial charge < -0.3 is 10.1 Å². The topological polar surface area (TPSA) is 21.3 Å². The summed E-state index contributed by atoms with van der Waals surface area (Å²) in [4.78, 5) is 0. The smallest absolute Gasteiger partial charge is 0.126 e. The Balaban J connectivity index is 2.17. The molecule has 0 unspecified atom stereocenters. The van der Waals surface area contributed by atoms with Gasteiger partial charge >= 0.3 is 0 Å². The van der Waals surface area contributed by atoms with Gasteiger partial charge in [0.25, 0.3) is 0 Å². The van der Waals surface area contributed by atoms with Gasteiger partial charge in [-0.25, -0.2) is 0 Å². The number of benzene rings is 1. The van der Waals surface area contributed by atoms with Crippen LogP contribution in [-0.2, 0) is 0 Å². The molecule has 0 bridgehead atoms. The van der Waals surface area contributed by atoms with Gasteiger partial charge in [0.05, 0.1) is 0 Å². The minimum absolute atomic E-state index is 0.0480. The lowest BCUT2D eigenvalue weighted by molar-refractivity contribution is -0.0149. The molecular formula is C15H22ClNO. The fourth-order valence-electron chi connectivity index (χ4n) is 2.60. The van der Waals surface area contributed by atoms with Gasteiger partial charge in [0, 0.05) is 5.02 Å². The highest BCUT2D eigenvalue weighted by Gasteiger charge is 2.39. The van der Waals surface area contributed by atoms with Gasteiger partial charge in [-0.2, -0.15) is 0 Å². The van der Waals surface area contributed by atoms with Crippen LogP contribution >= 0.6 is 11.6 Å². The Morgan fingerprint density at radius 1 is 1.28 bits per heavy atom. The molecule has 2 rings (SSSR count). The van der Waals surface area contributed by atoms with Crippen molar-refractivity contribution in [2.24, 2.45) is 0 Å². The summed E-state index contributed by atoms with van der Waals surface area (Å²) in [5.74, 6) is 1.02. The zero-order chi connectivity index (χ0) is 13.2. The van der Waals surface area contributed by atoms with E-state index in [-0.39, 0.29) is 5.60 Å². The van der Waals surface area contributed by atoms with E-state index in [1.165, 1.54) is 6.42 Å². The van der Waals surface area contributed by atoms with Gasteiger partial charge in [0.2, 0.25) is 0 Å². The van der Waals surface area contributed by atoms with Crippen molar-refractivity contribution in [3.05, 3.63) is 28.3 Å². The van der Waals surface area contributed by atoms with Crippen molar-refractivity contribution in [2.75, 3.05) is 13.6 Å². The van der Waals surface area contributed by atoms with Gasteiger partial charge in [-0.15, -0.1) is 0 Å². The Hall–Kier alpha value is -0.730. The second-order valence-electron chi connectivity index (χ2n) is 5.36. The molecule has 1 N–H and O–H groups in total. The third-order valence-corrected chi connectivity index (χ3v) is 4.06. The number of hydrogen-bond donors (Lipinski definition) is 1. The van der Waals surface area contributed by atoms with E-state index in [0.29, 0.717) is 0 Å². The van der Waals surface area contributed by atoms with E-state index in [1.807, 2.05) is 19.2 Å². The molecule has 0 radical (unpaired) electrons. The average Bonchev–Trinajstić information content (AvgIpc) is 2.25. The Bertz CT molecular complexity index is 403. The van der Waals surface area contributed by atoms with Crippen LogP contribution in [0.2, 0.25) is 5.02 Å². The minimum Gasteiger partial charge on any atom is -0.487 e. The van der Waals surface area contributed by atoms with E-state index in [9.17, 15) is 0 Å². The van der Waals surface area contributed by atoms with E-state index < -0.39 is 0 Å². The normalized spacial score (nSPS) is 17.3. The number of halogens is 1. The van der Waals surface area contributed by atoms with Crippen molar-refractivity contribution in [1.29, 1.82) is 0 Å². The van der Waals surface area contributed by atoms with Crippen LogP contribution in [0.4, 0.5) is 0 Å². The predicted octanol–water partition coefficient (Wildman–Crippen LogP) is 3.87. The molecule has 1 aliphatic carbocycles. The van der Waals surface area contributed by atoms with Crippen LogP contribution in [0.15, 0.2) is 12.1 Å². The number of aryl methyl sites for hydroxylation is 2. The second kappa shape index (κ2) is 5.50. The van der Waals surface area contributed by atoms with Gasteiger partial charge in [0.1, 0.15) is 11.4 Å². The zero-order valence-electron chi connectivity index (χ0n) is 11.5. The number of hydrogen-bond acceptors (Lipinski definition) is 2. The standard InChI is InChI=1S/C15H22ClNO/c1-11-9-13(16)10-12(2)14(11)18-15(5-4-6-15)7-8-17-3/h9-10,17H,4-8H2,1-3H3. The van der Waals surface area contributed by atoms with Crippen molar-refractivity contribution in [3.63, 3.8) is 0 Å². The lowest BCUT2D eigenvalue weighted by Gasteiger charge is -2.43. The predicted molar refractivity (Wildman–Crippen MR) is 76.7 cm³/mol. The minimum atomic E-state index is 0.0480. The van der Waals surface area contributed by atoms with E-state index in [4.69, 9.17) is 16.3 Å². The first-order chi connectivity index (χ1) is 8.56. The molecular weight excluding hydrogens is 246 g/mol. The Labute approximate surface area is 115 Å². The second-order valence-corrected chi connectivity index (χ2v) is 5.80. The van der Waals surface area contributed by atoms with Crippen molar-refractivity contribution in [3.8, 4) is 5.75 Å². The summed E-state index contributed by atoms with van der Waals surface area (Å²) in [6.45, 7) is 5.14. The fraction of sp³-hybridized carbons (Fsp3) is 0.600. The highest BCUT2D eigenvalue weighted by atomic mass is 35.5. The van der Waals surface area contributed by atoms with Crippen LogP contribution in [-0.4, -0.2) is 19.2 Å². The van der Waals surface area contributed by atoms with Crippen LogP contribution in [0.3, 0.4) is 0 Å². The maximum absolute atomic E-state index is 6.36. The van der Waals surface area contributed by atoms with Crippen molar-refractivity contribution >= 4 is 11.6 Å². The molecule has 1 aromatic carbocycles. The maximum Gasteiger partial charge on any atom is 0.126 e. The SMILES string of the molecule is CNCCC1(Oc2c(C)cc(Cl)cc2C)CCC1. The molecule has 0 spiro atoms. The summed E-state index contributed by atoms with van der Waals surface area (Å²) in [5, 5.41) is 4.00. The Morgan fingerprint density at radius 2 is 1.89 bits per heavy atom. The summed E-state index contributed by atoms with van der Waals surface area (Å²) >= 11 is 6.06. The van der Waals surface area contributed by atoms with Crippen LogP contribution in [0.25, 0.3) is 0 Å². The molecule has 0 saturated heterocycles. The molecule has 2 nitrogen and oxygen atoms in total. The number of ether oxygens (including phenoxy) is 1. The van der Waals surface area contributed by atoms with Gasteiger partial charge in [0.15, 0.2) is 0 Å². The lowest BCUT2D eigenvalue weighted by atomic mass is 9.77. The van der Waals surface area contributed by atoms with Crippen LogP contribution in [0.1, 0.15) is 36.8 Å². The molecule has 0 heterocycles. The van der Waals surface area contributed by atoms with Crippen molar-refractivity contribution in [1.82, 2.24) is 5.32 Å². The largest absolute Gasteiger partial charge is 0.487 e. The molecule has 18 heavy (non-hydrogen) atoms. The first-order valence-corrected chi connectivity index (χ1v) is 7.04. The fourth-order valence-corrected chi connectivity index (χ4v) is 2.93. The average molecular weight is 268 g/mol. The van der Waals surface area contributed by atoms with Crippen LogP contribution < -0.4 is 10.1 Å². The molecule has 1 saturated carbocycles. The van der Waals surface area contributed by atoms with E-state index in [2.05, 4.69) is 19.2 Å². The maximum atomic E-state index is 6.36. The van der Waals surface area contributed by atoms with Gasteiger partial charge in [-0.05, 0) is 76.4 Å². The third-order valence-electron chi connectivity index (χ3n) is 3.84. The first kappa shape index (κ1) is 13.7. The van der Waals surface area contributed by atoms with Crippen LogP contribution in [0, 0.1) is 13.8 Å². The monoisotopic (exact) mass is 267 g/mol. The summed E-state index contributed by atoms with van der Waals surface area (Å²) in [6, 6.07) is 3.96. The van der Waals surface area contributed by atoms with Crippen molar-refractivity contribution < 1.29 is 4.74 Å². The highest BCUT2D eigenvalue weighted by molar-refractivity contribution is 6.30. The van der Waals surface area contributed by atoms with E-state index >= 15 is 0 Å². The molecule has 3 heteroatoms.